The van der Waals surface area contributed by atoms with Crippen LogP contribution >= 0.6 is 0 Å². The Morgan fingerprint density at radius 1 is 1.54 bits per heavy atom. The van der Waals surface area contributed by atoms with E-state index in [1.807, 2.05) is 0 Å². The van der Waals surface area contributed by atoms with Crippen molar-refractivity contribution in [3.8, 4) is 0 Å². The summed E-state index contributed by atoms with van der Waals surface area (Å²) in [6, 6.07) is 1.20. The molecule has 1 N–H and O–H groups in total. The molecule has 13 heavy (non-hydrogen) atoms. The molecule has 3 nitrogen and oxygen atoms in total. The number of likely N-dealkylation sites (tertiary alicyclic amines) is 1. The molecule has 0 bridgehead atoms. The largest absolute Gasteiger partial charge is 0.395 e. The van der Waals surface area contributed by atoms with E-state index in [0.717, 1.165) is 13.1 Å². The van der Waals surface area contributed by atoms with Crippen molar-refractivity contribution in [1.29, 1.82) is 0 Å². The van der Waals surface area contributed by atoms with Crippen LogP contribution in [0.1, 0.15) is 20.3 Å². The van der Waals surface area contributed by atoms with Crippen LogP contribution < -0.4 is 0 Å². The number of aliphatic hydroxyl groups is 1. The van der Waals surface area contributed by atoms with Gasteiger partial charge in [-0.3, -0.25) is 4.90 Å². The quantitative estimate of drug-likeness (QED) is 0.688. The fraction of sp³-hybridized carbons (Fsp3) is 1.00. The van der Waals surface area contributed by atoms with Gasteiger partial charge in [-0.05, 0) is 33.9 Å². The van der Waals surface area contributed by atoms with Crippen molar-refractivity contribution >= 4 is 0 Å². The maximum absolute atomic E-state index is 8.96. The summed E-state index contributed by atoms with van der Waals surface area (Å²) in [5, 5.41) is 8.96. The van der Waals surface area contributed by atoms with Crippen molar-refractivity contribution in [3.63, 3.8) is 0 Å². The molecular weight excluding hydrogens is 164 g/mol. The summed E-state index contributed by atoms with van der Waals surface area (Å²) >= 11 is 0. The van der Waals surface area contributed by atoms with Crippen molar-refractivity contribution < 1.29 is 5.11 Å². The molecule has 1 saturated heterocycles. The van der Waals surface area contributed by atoms with Crippen molar-refractivity contribution in [1.82, 2.24) is 9.80 Å². The summed E-state index contributed by atoms with van der Waals surface area (Å²) in [6.45, 7) is 7.84. The molecule has 1 atom stereocenters. The molecule has 0 spiro atoms. The van der Waals surface area contributed by atoms with Gasteiger partial charge in [-0.25, -0.2) is 0 Å². The second kappa shape index (κ2) is 4.94. The van der Waals surface area contributed by atoms with Crippen molar-refractivity contribution in [2.75, 3.05) is 33.3 Å². The number of rotatable bonds is 4. The molecule has 78 valence electrons. The minimum atomic E-state index is 0.276. The Balaban J connectivity index is 2.44. The number of hydrogen-bond donors (Lipinski definition) is 1. The third-order valence-electron chi connectivity index (χ3n) is 2.86. The normalized spacial score (nSPS) is 24.9. The second-order valence-corrected chi connectivity index (χ2v) is 4.26. The maximum atomic E-state index is 8.96. The van der Waals surface area contributed by atoms with Crippen LogP contribution in [0.3, 0.4) is 0 Å². The highest BCUT2D eigenvalue weighted by Gasteiger charge is 2.26. The van der Waals surface area contributed by atoms with Crippen LogP contribution in [-0.4, -0.2) is 60.3 Å². The molecule has 1 aliphatic rings. The van der Waals surface area contributed by atoms with Crippen molar-refractivity contribution in [2.24, 2.45) is 0 Å². The van der Waals surface area contributed by atoms with Gasteiger partial charge in [-0.1, -0.05) is 0 Å². The van der Waals surface area contributed by atoms with Crippen LogP contribution in [0.5, 0.6) is 0 Å². The molecule has 0 aromatic rings. The zero-order chi connectivity index (χ0) is 9.84. The highest BCUT2D eigenvalue weighted by molar-refractivity contribution is 4.83. The first-order valence-corrected chi connectivity index (χ1v) is 5.20. The van der Waals surface area contributed by atoms with E-state index in [1.165, 1.54) is 13.0 Å². The van der Waals surface area contributed by atoms with Crippen molar-refractivity contribution in [2.45, 2.75) is 32.4 Å². The Labute approximate surface area is 81.3 Å². The fourth-order valence-electron chi connectivity index (χ4n) is 2.16. The van der Waals surface area contributed by atoms with Gasteiger partial charge < -0.3 is 10.0 Å². The predicted octanol–water partition coefficient (Wildman–Crippen LogP) is 0.393. The highest BCUT2D eigenvalue weighted by Crippen LogP contribution is 2.15. The molecule has 0 aliphatic carbocycles. The van der Waals surface area contributed by atoms with E-state index in [1.54, 1.807) is 0 Å². The average molecular weight is 186 g/mol. The summed E-state index contributed by atoms with van der Waals surface area (Å²) in [4.78, 5) is 4.76. The minimum absolute atomic E-state index is 0.276. The number of hydrogen-bond acceptors (Lipinski definition) is 3. The summed E-state index contributed by atoms with van der Waals surface area (Å²) in [6.07, 6.45) is 1.24. The molecule has 0 amide bonds. The van der Waals surface area contributed by atoms with Gasteiger partial charge in [-0.2, -0.15) is 0 Å². The van der Waals surface area contributed by atoms with E-state index in [0.29, 0.717) is 12.1 Å². The van der Waals surface area contributed by atoms with Crippen LogP contribution in [0.15, 0.2) is 0 Å². The molecule has 0 radical (unpaired) electrons. The first-order chi connectivity index (χ1) is 6.15. The van der Waals surface area contributed by atoms with Crippen LogP contribution in [-0.2, 0) is 0 Å². The number of nitrogens with zero attached hydrogens (tertiary/aromatic N) is 2. The summed E-state index contributed by atoms with van der Waals surface area (Å²) < 4.78 is 0. The van der Waals surface area contributed by atoms with Gasteiger partial charge in [0.15, 0.2) is 0 Å². The lowest BCUT2D eigenvalue weighted by Crippen LogP contribution is -2.43. The Hall–Kier alpha value is -0.120. The zero-order valence-corrected chi connectivity index (χ0v) is 9.03. The molecule has 1 heterocycles. The molecule has 1 fully saturated rings. The van der Waals surface area contributed by atoms with Crippen molar-refractivity contribution in [3.05, 3.63) is 0 Å². The minimum Gasteiger partial charge on any atom is -0.395 e. The Morgan fingerprint density at radius 3 is 2.62 bits per heavy atom. The molecule has 0 saturated carbocycles. The van der Waals surface area contributed by atoms with Crippen LogP contribution in [0.2, 0.25) is 0 Å². The summed E-state index contributed by atoms with van der Waals surface area (Å²) in [5.41, 5.74) is 0. The van der Waals surface area contributed by atoms with E-state index in [9.17, 15) is 0 Å². The lowest BCUT2D eigenvalue weighted by atomic mass is 10.2. The van der Waals surface area contributed by atoms with E-state index in [-0.39, 0.29) is 6.61 Å². The molecule has 0 aromatic heterocycles. The van der Waals surface area contributed by atoms with E-state index < -0.39 is 0 Å². The van der Waals surface area contributed by atoms with Gasteiger partial charge in [0.25, 0.3) is 0 Å². The fourth-order valence-corrected chi connectivity index (χ4v) is 2.16. The van der Waals surface area contributed by atoms with Gasteiger partial charge in [-0.15, -0.1) is 0 Å². The maximum Gasteiger partial charge on any atom is 0.0558 e. The molecular formula is C10H22N2O. The summed E-state index contributed by atoms with van der Waals surface area (Å²) in [5.74, 6) is 0. The third kappa shape index (κ3) is 2.93. The van der Waals surface area contributed by atoms with Crippen LogP contribution in [0, 0.1) is 0 Å². The first kappa shape index (κ1) is 11.0. The smallest absolute Gasteiger partial charge is 0.0558 e. The van der Waals surface area contributed by atoms with Gasteiger partial charge in [0.05, 0.1) is 6.61 Å². The number of likely N-dealkylation sites (N-methyl/N-ethyl adjacent to an activating group) is 1. The molecule has 3 heteroatoms. The summed E-state index contributed by atoms with van der Waals surface area (Å²) in [7, 11) is 2.16. The lowest BCUT2D eigenvalue weighted by molar-refractivity contribution is 0.121. The van der Waals surface area contributed by atoms with E-state index in [2.05, 4.69) is 30.7 Å². The van der Waals surface area contributed by atoms with Gasteiger partial charge >= 0.3 is 0 Å². The standard InChI is InChI=1S/C10H22N2O/c1-9(2)12(6-7-13)10-4-5-11(3)8-10/h9-10,13H,4-8H2,1-3H3. The topological polar surface area (TPSA) is 26.7 Å². The third-order valence-corrected chi connectivity index (χ3v) is 2.86. The molecule has 1 rings (SSSR count). The molecule has 0 aromatic carbocycles. The first-order valence-electron chi connectivity index (χ1n) is 5.20. The Morgan fingerprint density at radius 2 is 2.23 bits per heavy atom. The van der Waals surface area contributed by atoms with Gasteiger partial charge in [0.2, 0.25) is 0 Å². The Bertz CT molecular complexity index is 150. The van der Waals surface area contributed by atoms with Crippen LogP contribution in [0.4, 0.5) is 0 Å². The van der Waals surface area contributed by atoms with E-state index >= 15 is 0 Å². The molecule has 1 unspecified atom stereocenters. The Kier molecular flexibility index (Phi) is 4.16. The number of aliphatic hydroxyl groups excluding tert-OH is 1. The zero-order valence-electron chi connectivity index (χ0n) is 9.03. The molecule has 1 aliphatic heterocycles. The van der Waals surface area contributed by atoms with Gasteiger partial charge in [0.1, 0.15) is 0 Å². The SMILES string of the molecule is CC(C)N(CCO)C1CCN(C)C1. The van der Waals surface area contributed by atoms with Crippen LogP contribution in [0.25, 0.3) is 0 Å². The van der Waals surface area contributed by atoms with Gasteiger partial charge in [0, 0.05) is 25.2 Å². The average Bonchev–Trinajstić information content (AvgIpc) is 2.46. The predicted molar refractivity (Wildman–Crippen MR) is 54.8 cm³/mol. The second-order valence-electron chi connectivity index (χ2n) is 4.26. The van der Waals surface area contributed by atoms with E-state index in [4.69, 9.17) is 5.11 Å². The lowest BCUT2D eigenvalue weighted by Gasteiger charge is -2.31. The highest BCUT2D eigenvalue weighted by atomic mass is 16.3. The monoisotopic (exact) mass is 186 g/mol.